The Labute approximate surface area is 104 Å². The highest BCUT2D eigenvalue weighted by molar-refractivity contribution is 5.94. The summed E-state index contributed by atoms with van der Waals surface area (Å²) in [4.78, 5) is 15.1. The summed E-state index contributed by atoms with van der Waals surface area (Å²) in [6, 6.07) is 12.0. The van der Waals surface area contributed by atoms with Gasteiger partial charge in [0.05, 0.1) is 5.56 Å². The molecule has 0 saturated heterocycles. The van der Waals surface area contributed by atoms with Crippen LogP contribution in [0.3, 0.4) is 0 Å². The van der Waals surface area contributed by atoms with Crippen molar-refractivity contribution < 1.29 is 9.53 Å². The molecule has 1 aromatic heterocycles. The summed E-state index contributed by atoms with van der Waals surface area (Å²) in [5.74, 6) is 1.01. The fourth-order valence-corrected chi connectivity index (χ4v) is 1.39. The van der Waals surface area contributed by atoms with Crippen molar-refractivity contribution in [1.82, 2.24) is 4.98 Å². The van der Waals surface area contributed by atoms with Crippen molar-refractivity contribution in [1.29, 1.82) is 5.26 Å². The summed E-state index contributed by atoms with van der Waals surface area (Å²) >= 11 is 0. The monoisotopic (exact) mass is 238 g/mol. The normalized spacial score (nSPS) is 9.56. The maximum absolute atomic E-state index is 11.1. The van der Waals surface area contributed by atoms with E-state index in [-0.39, 0.29) is 5.78 Å². The number of ether oxygens (including phenoxy) is 1. The van der Waals surface area contributed by atoms with Gasteiger partial charge in [-0.1, -0.05) is 0 Å². The Kier molecular flexibility index (Phi) is 3.35. The Morgan fingerprint density at radius 1 is 1.22 bits per heavy atom. The van der Waals surface area contributed by atoms with Crippen LogP contribution in [0.15, 0.2) is 42.6 Å². The minimum atomic E-state index is 0.0121. The summed E-state index contributed by atoms with van der Waals surface area (Å²) in [6.45, 7) is 1.51. The van der Waals surface area contributed by atoms with E-state index < -0.39 is 0 Å². The highest BCUT2D eigenvalue weighted by atomic mass is 16.5. The number of benzene rings is 1. The number of pyridine rings is 1. The van der Waals surface area contributed by atoms with Crippen LogP contribution >= 0.6 is 0 Å². The number of hydrogen-bond donors (Lipinski definition) is 0. The zero-order valence-electron chi connectivity index (χ0n) is 9.75. The van der Waals surface area contributed by atoms with E-state index in [9.17, 15) is 4.79 Å². The second-order valence-corrected chi connectivity index (χ2v) is 3.68. The van der Waals surface area contributed by atoms with Crippen molar-refractivity contribution in [3.05, 3.63) is 53.7 Å². The molecule has 2 rings (SSSR count). The highest BCUT2D eigenvalue weighted by Gasteiger charge is 2.01. The summed E-state index contributed by atoms with van der Waals surface area (Å²) in [5, 5.41) is 8.64. The van der Waals surface area contributed by atoms with E-state index in [0.29, 0.717) is 22.8 Å². The lowest BCUT2D eigenvalue weighted by Crippen LogP contribution is -1.92. The van der Waals surface area contributed by atoms with Crippen LogP contribution in [-0.4, -0.2) is 10.8 Å². The highest BCUT2D eigenvalue weighted by Crippen LogP contribution is 2.19. The third kappa shape index (κ3) is 2.71. The van der Waals surface area contributed by atoms with Crippen LogP contribution in [-0.2, 0) is 0 Å². The lowest BCUT2D eigenvalue weighted by molar-refractivity contribution is 0.101. The van der Waals surface area contributed by atoms with Crippen molar-refractivity contribution >= 4 is 5.78 Å². The van der Waals surface area contributed by atoms with Crippen LogP contribution < -0.4 is 4.74 Å². The molecule has 1 aromatic carbocycles. The third-order valence-electron chi connectivity index (χ3n) is 2.35. The van der Waals surface area contributed by atoms with Crippen molar-refractivity contribution in [3.63, 3.8) is 0 Å². The third-order valence-corrected chi connectivity index (χ3v) is 2.35. The van der Waals surface area contributed by atoms with Gasteiger partial charge in [0, 0.05) is 17.8 Å². The van der Waals surface area contributed by atoms with Crippen molar-refractivity contribution in [2.24, 2.45) is 0 Å². The average Bonchev–Trinajstić information content (AvgIpc) is 2.40. The summed E-state index contributed by atoms with van der Waals surface area (Å²) < 4.78 is 5.48. The standard InChI is InChI=1S/C14H10N2O2/c1-10(17)12-3-5-13(6-4-12)18-14-7-2-11(8-15)9-16-14/h2-7,9H,1H3. The maximum atomic E-state index is 11.1. The molecule has 1 heterocycles. The second-order valence-electron chi connectivity index (χ2n) is 3.68. The Morgan fingerprint density at radius 3 is 2.44 bits per heavy atom. The van der Waals surface area contributed by atoms with Crippen LogP contribution in [0, 0.1) is 11.3 Å². The van der Waals surface area contributed by atoms with Gasteiger partial charge in [0.25, 0.3) is 0 Å². The van der Waals surface area contributed by atoms with E-state index in [1.807, 2.05) is 6.07 Å². The molecule has 0 radical (unpaired) electrons. The number of nitrogens with zero attached hydrogens (tertiary/aromatic N) is 2. The predicted molar refractivity (Wildman–Crippen MR) is 65.5 cm³/mol. The molecule has 0 N–H and O–H groups in total. The van der Waals surface area contributed by atoms with E-state index in [0.717, 1.165) is 0 Å². The molecular weight excluding hydrogens is 228 g/mol. The number of carbonyl (C=O) groups is 1. The molecule has 4 heteroatoms. The van der Waals surface area contributed by atoms with E-state index in [4.69, 9.17) is 10.00 Å². The molecule has 0 atom stereocenters. The van der Waals surface area contributed by atoms with Crippen molar-refractivity contribution in [3.8, 4) is 17.7 Å². The topological polar surface area (TPSA) is 63.0 Å². The molecule has 88 valence electrons. The van der Waals surface area contributed by atoms with Crippen LogP contribution in [0.5, 0.6) is 11.6 Å². The minimum absolute atomic E-state index is 0.0121. The number of aromatic nitrogens is 1. The molecule has 0 aliphatic rings. The van der Waals surface area contributed by atoms with Gasteiger partial charge in [0.1, 0.15) is 11.8 Å². The molecule has 2 aromatic rings. The quantitative estimate of drug-likeness (QED) is 0.771. The molecular formula is C14H10N2O2. The van der Waals surface area contributed by atoms with Gasteiger partial charge >= 0.3 is 0 Å². The van der Waals surface area contributed by atoms with Gasteiger partial charge in [-0.2, -0.15) is 5.26 Å². The fraction of sp³-hybridized carbons (Fsp3) is 0.0714. The van der Waals surface area contributed by atoms with Gasteiger partial charge in [0.2, 0.25) is 5.88 Å². The molecule has 0 spiro atoms. The lowest BCUT2D eigenvalue weighted by atomic mass is 10.1. The number of carbonyl (C=O) groups excluding carboxylic acids is 1. The predicted octanol–water partition coefficient (Wildman–Crippen LogP) is 2.95. The first-order valence-electron chi connectivity index (χ1n) is 5.34. The summed E-state index contributed by atoms with van der Waals surface area (Å²) in [5.41, 5.74) is 1.12. The van der Waals surface area contributed by atoms with Gasteiger partial charge in [-0.25, -0.2) is 4.98 Å². The molecule has 0 unspecified atom stereocenters. The summed E-state index contributed by atoms with van der Waals surface area (Å²) in [6.07, 6.45) is 1.44. The van der Waals surface area contributed by atoms with Gasteiger partial charge in [0.15, 0.2) is 5.78 Å². The Hall–Kier alpha value is -2.67. The first-order valence-corrected chi connectivity index (χ1v) is 5.34. The van der Waals surface area contributed by atoms with Crippen LogP contribution in [0.4, 0.5) is 0 Å². The number of nitriles is 1. The molecule has 0 aliphatic carbocycles. The lowest BCUT2D eigenvalue weighted by Gasteiger charge is -2.04. The number of hydrogen-bond acceptors (Lipinski definition) is 4. The number of ketones is 1. The second kappa shape index (κ2) is 5.11. The zero-order valence-corrected chi connectivity index (χ0v) is 9.75. The Bertz CT molecular complexity index is 595. The average molecular weight is 238 g/mol. The molecule has 0 bridgehead atoms. The van der Waals surface area contributed by atoms with Gasteiger partial charge < -0.3 is 4.74 Å². The van der Waals surface area contributed by atoms with E-state index in [1.165, 1.54) is 13.1 Å². The molecule has 0 amide bonds. The SMILES string of the molecule is CC(=O)c1ccc(Oc2ccc(C#N)cn2)cc1. The fourth-order valence-electron chi connectivity index (χ4n) is 1.39. The van der Waals surface area contributed by atoms with Gasteiger partial charge in [-0.05, 0) is 37.3 Å². The first-order chi connectivity index (χ1) is 8.69. The smallest absolute Gasteiger partial charge is 0.219 e. The number of Topliss-reactive ketones (excluding diaryl/α,β-unsaturated/α-hetero) is 1. The van der Waals surface area contributed by atoms with Crippen LogP contribution in [0.1, 0.15) is 22.8 Å². The van der Waals surface area contributed by atoms with E-state index >= 15 is 0 Å². The van der Waals surface area contributed by atoms with Gasteiger partial charge in [-0.3, -0.25) is 4.79 Å². The Balaban J connectivity index is 2.13. The molecule has 0 saturated carbocycles. The van der Waals surface area contributed by atoms with E-state index in [1.54, 1.807) is 36.4 Å². The molecule has 4 nitrogen and oxygen atoms in total. The molecule has 0 fully saturated rings. The van der Waals surface area contributed by atoms with E-state index in [2.05, 4.69) is 4.98 Å². The zero-order chi connectivity index (χ0) is 13.0. The van der Waals surface area contributed by atoms with Gasteiger partial charge in [-0.15, -0.1) is 0 Å². The maximum Gasteiger partial charge on any atom is 0.219 e. The minimum Gasteiger partial charge on any atom is -0.439 e. The first kappa shape index (κ1) is 11.8. The van der Waals surface area contributed by atoms with Crippen molar-refractivity contribution in [2.45, 2.75) is 6.92 Å². The largest absolute Gasteiger partial charge is 0.439 e. The summed E-state index contributed by atoms with van der Waals surface area (Å²) in [7, 11) is 0. The van der Waals surface area contributed by atoms with Crippen LogP contribution in [0.25, 0.3) is 0 Å². The molecule has 0 aliphatic heterocycles. The molecule has 18 heavy (non-hydrogen) atoms. The van der Waals surface area contributed by atoms with Crippen LogP contribution in [0.2, 0.25) is 0 Å². The number of rotatable bonds is 3. The van der Waals surface area contributed by atoms with Crippen molar-refractivity contribution in [2.75, 3.05) is 0 Å². The Morgan fingerprint density at radius 2 is 1.94 bits per heavy atom.